The SMILES string of the molecule is [2H]C([2H])([2H])c1cc2c3c(c1)N(c1ccc4c(c1)C(C)(C)CCC4(C)C)c1cc4c(cc1B3c1ccc(N(c3ccccc3C)c3ccccc3C)cc1N2c1ccc2c(c1)C(C)(C)c1cc(C(C)(C)C)ccc1-2)C(C)(C)CCC4(C)C. The highest BCUT2D eigenvalue weighted by atomic mass is 15.2. The van der Waals surface area contributed by atoms with Crippen LogP contribution in [-0.2, 0) is 32.5 Å². The molecule has 78 heavy (non-hydrogen) atoms. The molecule has 0 radical (unpaired) electrons. The van der Waals surface area contributed by atoms with Gasteiger partial charge in [-0.2, -0.15) is 0 Å². The highest BCUT2D eigenvalue weighted by molar-refractivity contribution is 7.00. The fourth-order valence-electron chi connectivity index (χ4n) is 14.8. The average Bonchev–Trinajstić information content (AvgIpc) is 3.81. The zero-order valence-corrected chi connectivity index (χ0v) is 49.1. The van der Waals surface area contributed by atoms with Crippen molar-refractivity contribution in [3.63, 3.8) is 0 Å². The van der Waals surface area contributed by atoms with Gasteiger partial charge < -0.3 is 14.7 Å². The first-order chi connectivity index (χ1) is 38.0. The van der Waals surface area contributed by atoms with Crippen LogP contribution in [0.2, 0.25) is 0 Å². The first kappa shape index (κ1) is 47.2. The monoisotopic (exact) mass is 1020 g/mol. The van der Waals surface area contributed by atoms with Crippen LogP contribution in [-0.4, -0.2) is 6.71 Å². The van der Waals surface area contributed by atoms with Crippen LogP contribution < -0.4 is 31.1 Å². The molecule has 5 aliphatic rings. The van der Waals surface area contributed by atoms with Crippen LogP contribution in [0.1, 0.15) is 175 Å². The molecule has 3 aliphatic carbocycles. The fraction of sp³-hybridized carbons (Fsp3) is 0.351. The van der Waals surface area contributed by atoms with Crippen LogP contribution in [0.3, 0.4) is 0 Å². The number of hydrogen-bond donors (Lipinski definition) is 0. The fourth-order valence-corrected chi connectivity index (χ4v) is 14.8. The lowest BCUT2D eigenvalue weighted by molar-refractivity contribution is 0.332. The Labute approximate surface area is 472 Å². The van der Waals surface area contributed by atoms with E-state index in [0.717, 1.165) is 82.3 Å². The maximum atomic E-state index is 9.40. The molecule has 0 bridgehead atoms. The predicted octanol–water partition coefficient (Wildman–Crippen LogP) is 18.5. The molecule has 0 unspecified atom stereocenters. The minimum atomic E-state index is -2.41. The van der Waals surface area contributed by atoms with Gasteiger partial charge in [0, 0.05) is 60.7 Å². The number of fused-ring (bicyclic) bond motifs is 9. The summed E-state index contributed by atoms with van der Waals surface area (Å²) in [6, 6.07) is 55.1. The van der Waals surface area contributed by atoms with Crippen molar-refractivity contribution < 1.29 is 4.11 Å². The molecule has 2 heterocycles. The van der Waals surface area contributed by atoms with Gasteiger partial charge in [0.1, 0.15) is 0 Å². The molecule has 8 aromatic rings. The van der Waals surface area contributed by atoms with E-state index >= 15 is 0 Å². The smallest absolute Gasteiger partial charge is 0.252 e. The minimum absolute atomic E-state index is 0.00218. The van der Waals surface area contributed by atoms with Gasteiger partial charge in [0.25, 0.3) is 6.71 Å². The summed E-state index contributed by atoms with van der Waals surface area (Å²) in [5.74, 6) is 0. The summed E-state index contributed by atoms with van der Waals surface area (Å²) in [4.78, 5) is 7.36. The Bertz CT molecular complexity index is 3910. The van der Waals surface area contributed by atoms with Crippen molar-refractivity contribution >= 4 is 74.3 Å². The van der Waals surface area contributed by atoms with E-state index in [9.17, 15) is 4.11 Å². The number of nitrogens with zero attached hydrogens (tertiary/aromatic N) is 3. The molecule has 3 nitrogen and oxygen atoms in total. The molecule has 0 saturated heterocycles. The Balaban J connectivity index is 1.15. The lowest BCUT2D eigenvalue weighted by Gasteiger charge is -2.48. The van der Waals surface area contributed by atoms with Gasteiger partial charge in [-0.25, -0.2) is 0 Å². The second kappa shape index (κ2) is 16.9. The summed E-state index contributed by atoms with van der Waals surface area (Å²) in [6.07, 6.45) is 4.40. The highest BCUT2D eigenvalue weighted by Crippen LogP contribution is 2.56. The van der Waals surface area contributed by atoms with Crippen LogP contribution in [0.15, 0.2) is 146 Å². The molecular weight excluding hydrogens is 942 g/mol. The van der Waals surface area contributed by atoms with Crippen LogP contribution in [0.4, 0.5) is 51.2 Å². The van der Waals surface area contributed by atoms with E-state index in [2.05, 4.69) is 252 Å². The molecule has 0 fully saturated rings. The van der Waals surface area contributed by atoms with Crippen LogP contribution in [0, 0.1) is 20.7 Å². The van der Waals surface area contributed by atoms with E-state index in [1.54, 1.807) is 0 Å². The third kappa shape index (κ3) is 7.50. The van der Waals surface area contributed by atoms with Crippen molar-refractivity contribution in [2.45, 2.75) is 169 Å². The number of rotatable bonds is 5. The van der Waals surface area contributed by atoms with Crippen molar-refractivity contribution in [3.8, 4) is 11.1 Å². The van der Waals surface area contributed by atoms with E-state index in [1.807, 2.05) is 12.1 Å². The van der Waals surface area contributed by atoms with Gasteiger partial charge in [0.2, 0.25) is 0 Å². The molecule has 0 spiro atoms. The Morgan fingerprint density at radius 2 is 0.949 bits per heavy atom. The Kier molecular flexibility index (Phi) is 10.2. The van der Waals surface area contributed by atoms with E-state index in [-0.39, 0.29) is 39.2 Å². The molecule has 394 valence electrons. The van der Waals surface area contributed by atoms with Crippen molar-refractivity contribution in [2.24, 2.45) is 0 Å². The van der Waals surface area contributed by atoms with Gasteiger partial charge in [-0.15, -0.1) is 0 Å². The van der Waals surface area contributed by atoms with Crippen molar-refractivity contribution in [3.05, 3.63) is 201 Å². The lowest BCUT2D eigenvalue weighted by atomic mass is 9.33. The second-order valence-corrected chi connectivity index (χ2v) is 28.3. The molecule has 0 amide bonds. The summed E-state index contributed by atoms with van der Waals surface area (Å²) in [6.45, 7) is 32.8. The molecule has 0 saturated carbocycles. The predicted molar refractivity (Wildman–Crippen MR) is 336 cm³/mol. The molecule has 13 rings (SSSR count). The summed E-state index contributed by atoms with van der Waals surface area (Å²) in [7, 11) is 0. The maximum Gasteiger partial charge on any atom is 0.252 e. The zero-order chi connectivity index (χ0) is 57.5. The van der Waals surface area contributed by atoms with Crippen molar-refractivity contribution in [1.29, 1.82) is 0 Å². The minimum Gasteiger partial charge on any atom is -0.311 e. The summed E-state index contributed by atoms with van der Waals surface area (Å²) < 4.78 is 28.2. The highest BCUT2D eigenvalue weighted by Gasteiger charge is 2.48. The van der Waals surface area contributed by atoms with Crippen LogP contribution >= 0.6 is 0 Å². The van der Waals surface area contributed by atoms with E-state index in [4.69, 9.17) is 0 Å². The molecule has 0 aromatic heterocycles. The molecule has 8 aromatic carbocycles. The Hall–Kier alpha value is -6.78. The third-order valence-corrected chi connectivity index (χ3v) is 19.9. The topological polar surface area (TPSA) is 9.72 Å². The Morgan fingerprint density at radius 3 is 1.51 bits per heavy atom. The number of para-hydroxylation sites is 2. The normalized spacial score (nSPS) is 19.0. The van der Waals surface area contributed by atoms with E-state index in [1.165, 1.54) is 72.1 Å². The standard InChI is InChI=1S/C74H80BN3/c1-45-37-66-68-67(38-45)78(50-27-31-54-57(41-50)71(9,10)34-33-70(54,7)8)65-44-59-58(72(11,12)35-36-73(59,13)14)43-61(65)75(68)60-32-28-51(76(62-23-19-17-21-46(62)2)63-24-20-18-22-47(63)3)42-64(60)77(66)49-26-30-53-52-29-25-48(69(4,5)6)39-55(52)74(15,16)56(53)40-49/h17-32,37-44H,33-36H2,1-16H3/i1D3. The molecule has 2 aliphatic heterocycles. The lowest BCUT2D eigenvalue weighted by Crippen LogP contribution is -2.62. The number of aryl methyl sites for hydroxylation is 3. The quantitative estimate of drug-likeness (QED) is 0.159. The summed E-state index contributed by atoms with van der Waals surface area (Å²) in [5, 5.41) is 0. The van der Waals surface area contributed by atoms with Gasteiger partial charge in [-0.05, 0) is 223 Å². The van der Waals surface area contributed by atoms with Gasteiger partial charge in [-0.3, -0.25) is 0 Å². The largest absolute Gasteiger partial charge is 0.311 e. The van der Waals surface area contributed by atoms with Gasteiger partial charge in [-0.1, -0.05) is 169 Å². The van der Waals surface area contributed by atoms with Gasteiger partial charge in [0.15, 0.2) is 0 Å². The number of hydrogen-bond acceptors (Lipinski definition) is 3. The molecular formula is C74H80BN3. The first-order valence-electron chi connectivity index (χ1n) is 30.5. The number of anilines is 9. The zero-order valence-electron chi connectivity index (χ0n) is 52.1. The van der Waals surface area contributed by atoms with E-state index in [0.29, 0.717) is 5.56 Å². The van der Waals surface area contributed by atoms with Crippen molar-refractivity contribution in [2.75, 3.05) is 14.7 Å². The van der Waals surface area contributed by atoms with Crippen molar-refractivity contribution in [1.82, 2.24) is 0 Å². The van der Waals surface area contributed by atoms with Gasteiger partial charge >= 0.3 is 0 Å². The summed E-state index contributed by atoms with van der Waals surface area (Å²) in [5.41, 5.74) is 27.2. The third-order valence-electron chi connectivity index (χ3n) is 19.9. The Morgan fingerprint density at radius 1 is 0.462 bits per heavy atom. The van der Waals surface area contributed by atoms with Gasteiger partial charge in [0.05, 0.1) is 0 Å². The molecule has 0 atom stereocenters. The summed E-state index contributed by atoms with van der Waals surface area (Å²) >= 11 is 0. The second-order valence-electron chi connectivity index (χ2n) is 28.3. The maximum absolute atomic E-state index is 9.40. The molecule has 0 N–H and O–H groups in total. The average molecular weight is 1030 g/mol. The van der Waals surface area contributed by atoms with E-state index < -0.39 is 6.85 Å². The van der Waals surface area contributed by atoms with Crippen LogP contribution in [0.25, 0.3) is 11.1 Å². The first-order valence-corrected chi connectivity index (χ1v) is 29.0. The number of benzene rings is 8. The van der Waals surface area contributed by atoms with Crippen LogP contribution in [0.5, 0.6) is 0 Å². The molecule has 4 heteroatoms.